The predicted octanol–water partition coefficient (Wildman–Crippen LogP) is 12.1. The maximum atomic E-state index is 12.7. The van der Waals surface area contributed by atoms with Gasteiger partial charge in [-0.15, -0.1) is 0 Å². The van der Waals surface area contributed by atoms with Gasteiger partial charge in [0.25, 0.3) is 0 Å². The van der Waals surface area contributed by atoms with Gasteiger partial charge in [-0.05, 0) is 44.9 Å². The average Bonchev–Trinajstić information content (AvgIpc) is 3.12. The molecular formula is C44H83NO8P+. The van der Waals surface area contributed by atoms with Crippen LogP contribution in [-0.4, -0.2) is 74.9 Å². The molecule has 0 fully saturated rings. The summed E-state index contributed by atoms with van der Waals surface area (Å²) in [6.07, 6.45) is 40.4. The van der Waals surface area contributed by atoms with E-state index in [1.165, 1.54) is 77.0 Å². The number of phosphoric acid groups is 1. The quantitative estimate of drug-likeness (QED) is 0.0216. The minimum Gasteiger partial charge on any atom is -0.462 e. The normalized spacial score (nSPS) is 14.0. The highest BCUT2D eigenvalue weighted by Crippen LogP contribution is 2.43. The fourth-order valence-electron chi connectivity index (χ4n) is 5.79. The van der Waals surface area contributed by atoms with E-state index in [1.807, 2.05) is 21.1 Å². The van der Waals surface area contributed by atoms with Gasteiger partial charge < -0.3 is 18.9 Å². The molecule has 0 amide bonds. The second kappa shape index (κ2) is 36.8. The van der Waals surface area contributed by atoms with Crippen LogP contribution in [0.15, 0.2) is 36.5 Å². The number of carbonyl (C=O) groups excluding carboxylic acids is 2. The van der Waals surface area contributed by atoms with Gasteiger partial charge in [0.2, 0.25) is 0 Å². The molecule has 0 aromatic rings. The van der Waals surface area contributed by atoms with Crippen LogP contribution >= 0.6 is 7.82 Å². The molecule has 0 rings (SSSR count). The Morgan fingerprint density at radius 1 is 0.593 bits per heavy atom. The molecule has 0 aliphatic heterocycles. The van der Waals surface area contributed by atoms with Gasteiger partial charge in [0, 0.05) is 12.8 Å². The minimum atomic E-state index is -4.38. The predicted molar refractivity (Wildman–Crippen MR) is 224 cm³/mol. The van der Waals surface area contributed by atoms with Crippen molar-refractivity contribution in [2.24, 2.45) is 0 Å². The van der Waals surface area contributed by atoms with Gasteiger partial charge in [0.1, 0.15) is 19.8 Å². The van der Waals surface area contributed by atoms with Gasteiger partial charge in [-0.3, -0.25) is 18.6 Å². The van der Waals surface area contributed by atoms with Gasteiger partial charge in [0.05, 0.1) is 27.7 Å². The lowest BCUT2D eigenvalue weighted by Crippen LogP contribution is -2.37. The number of unbranched alkanes of at least 4 members (excludes halogenated alkanes) is 19. The van der Waals surface area contributed by atoms with Crippen LogP contribution in [0, 0.1) is 0 Å². The first-order valence-corrected chi connectivity index (χ1v) is 23.2. The fourth-order valence-corrected chi connectivity index (χ4v) is 6.53. The molecule has 0 bridgehead atoms. The van der Waals surface area contributed by atoms with Crippen LogP contribution in [-0.2, 0) is 32.7 Å². The van der Waals surface area contributed by atoms with Gasteiger partial charge in [-0.25, -0.2) is 4.57 Å². The van der Waals surface area contributed by atoms with Crippen molar-refractivity contribution in [2.75, 3.05) is 47.5 Å². The third kappa shape index (κ3) is 39.9. The highest BCUT2D eigenvalue weighted by Gasteiger charge is 2.27. The number of hydrogen-bond donors (Lipinski definition) is 1. The van der Waals surface area contributed by atoms with Crippen LogP contribution in [0.1, 0.15) is 181 Å². The highest BCUT2D eigenvalue weighted by molar-refractivity contribution is 7.47. The molecule has 0 aliphatic carbocycles. The van der Waals surface area contributed by atoms with Gasteiger partial charge in [-0.1, -0.05) is 159 Å². The molecule has 0 radical (unpaired) electrons. The number of hydrogen-bond acceptors (Lipinski definition) is 7. The standard InChI is InChI=1S/C44H82NO8P/c1-6-8-10-12-14-16-18-20-22-24-26-28-30-32-34-36-43(46)50-40-42(41-52-54(48,49)51-39-38-45(3,4)5)53-44(47)37-35-33-31-29-27-25-23-21-19-17-15-13-11-9-7-2/h9,11,15,17,21,23,42H,6-8,10,12-14,16,18-20,22,24-41H2,1-5H3/p+1/b11-9+,17-15+,23-21+/t42-/m1/s1. The zero-order valence-electron chi connectivity index (χ0n) is 35.5. The Hall–Kier alpha value is -1.77. The van der Waals surface area contributed by atoms with Crippen molar-refractivity contribution in [1.29, 1.82) is 0 Å². The van der Waals surface area contributed by atoms with Crippen molar-refractivity contribution in [3.8, 4) is 0 Å². The minimum absolute atomic E-state index is 0.0286. The van der Waals surface area contributed by atoms with Crippen molar-refractivity contribution in [3.63, 3.8) is 0 Å². The van der Waals surface area contributed by atoms with Crippen LogP contribution in [0.5, 0.6) is 0 Å². The smallest absolute Gasteiger partial charge is 0.462 e. The van der Waals surface area contributed by atoms with Crippen molar-refractivity contribution >= 4 is 19.8 Å². The second-order valence-corrected chi connectivity index (χ2v) is 17.2. The van der Waals surface area contributed by atoms with Crippen LogP contribution in [0.2, 0.25) is 0 Å². The number of carbonyl (C=O) groups is 2. The molecule has 0 aromatic heterocycles. The van der Waals surface area contributed by atoms with E-state index >= 15 is 0 Å². The number of esters is 2. The Morgan fingerprint density at radius 2 is 1.06 bits per heavy atom. The molecule has 0 saturated heterocycles. The van der Waals surface area contributed by atoms with E-state index in [1.54, 1.807) is 0 Å². The van der Waals surface area contributed by atoms with Gasteiger partial charge >= 0.3 is 19.8 Å². The molecule has 316 valence electrons. The fraction of sp³-hybridized carbons (Fsp3) is 0.818. The summed E-state index contributed by atoms with van der Waals surface area (Å²) in [5.74, 6) is -0.815. The lowest BCUT2D eigenvalue weighted by atomic mass is 10.0. The molecule has 0 saturated carbocycles. The lowest BCUT2D eigenvalue weighted by molar-refractivity contribution is -0.870. The molecular weight excluding hydrogens is 701 g/mol. The Bertz CT molecular complexity index is 1020. The second-order valence-electron chi connectivity index (χ2n) is 15.7. The highest BCUT2D eigenvalue weighted by atomic mass is 31.2. The molecule has 0 spiro atoms. The molecule has 0 heterocycles. The van der Waals surface area contributed by atoms with E-state index in [0.717, 1.165) is 70.6 Å². The molecule has 10 heteroatoms. The first kappa shape index (κ1) is 52.2. The van der Waals surface area contributed by atoms with Crippen LogP contribution in [0.3, 0.4) is 0 Å². The zero-order chi connectivity index (χ0) is 40.0. The first-order chi connectivity index (χ1) is 26.0. The molecule has 2 atom stereocenters. The van der Waals surface area contributed by atoms with E-state index in [4.69, 9.17) is 18.5 Å². The van der Waals surface area contributed by atoms with Gasteiger partial charge in [0.15, 0.2) is 6.10 Å². The molecule has 1 N–H and O–H groups in total. The summed E-state index contributed by atoms with van der Waals surface area (Å²) in [5.41, 5.74) is 0. The monoisotopic (exact) mass is 785 g/mol. The third-order valence-corrected chi connectivity index (χ3v) is 10.2. The third-order valence-electron chi connectivity index (χ3n) is 9.18. The summed E-state index contributed by atoms with van der Waals surface area (Å²) in [7, 11) is 1.46. The van der Waals surface area contributed by atoms with Gasteiger partial charge in [-0.2, -0.15) is 0 Å². The molecule has 0 aliphatic rings. The summed E-state index contributed by atoms with van der Waals surface area (Å²) in [6, 6.07) is 0. The molecule has 54 heavy (non-hydrogen) atoms. The summed E-state index contributed by atoms with van der Waals surface area (Å²) >= 11 is 0. The maximum Gasteiger partial charge on any atom is 0.472 e. The van der Waals surface area contributed by atoms with E-state index in [9.17, 15) is 19.0 Å². The number of quaternary nitrogens is 1. The van der Waals surface area contributed by atoms with Crippen LogP contribution in [0.25, 0.3) is 0 Å². The van der Waals surface area contributed by atoms with Crippen molar-refractivity contribution in [1.82, 2.24) is 0 Å². The Balaban J connectivity index is 4.38. The largest absolute Gasteiger partial charge is 0.472 e. The summed E-state index contributed by atoms with van der Waals surface area (Å²) in [6.45, 7) is 4.29. The Kier molecular flexibility index (Phi) is 35.6. The van der Waals surface area contributed by atoms with E-state index < -0.39 is 26.5 Å². The first-order valence-electron chi connectivity index (χ1n) is 21.7. The SMILES string of the molecule is CC/C=C/C/C=C/C/C=C/CCCCCCCC(=O)O[C@H](COC(=O)CCCCCCCCCCCCCCCCC)COP(=O)(O)OCC[N+](C)(C)C. The van der Waals surface area contributed by atoms with E-state index in [-0.39, 0.29) is 32.0 Å². The zero-order valence-corrected chi connectivity index (χ0v) is 36.3. The van der Waals surface area contributed by atoms with E-state index in [0.29, 0.717) is 17.4 Å². The van der Waals surface area contributed by atoms with E-state index in [2.05, 4.69) is 50.3 Å². The molecule has 9 nitrogen and oxygen atoms in total. The number of allylic oxidation sites excluding steroid dienone is 6. The summed E-state index contributed by atoms with van der Waals surface area (Å²) in [4.78, 5) is 35.3. The maximum absolute atomic E-state index is 12.7. The number of ether oxygens (including phenoxy) is 2. The summed E-state index contributed by atoms with van der Waals surface area (Å²) < 4.78 is 34.3. The lowest BCUT2D eigenvalue weighted by Gasteiger charge is -2.24. The number of likely N-dealkylation sites (N-methyl/N-ethyl adjacent to an activating group) is 1. The van der Waals surface area contributed by atoms with Crippen molar-refractivity contribution < 1.29 is 42.1 Å². The number of nitrogens with zero attached hydrogens (tertiary/aromatic N) is 1. The summed E-state index contributed by atoms with van der Waals surface area (Å²) in [5, 5.41) is 0. The molecule has 1 unspecified atom stereocenters. The topological polar surface area (TPSA) is 108 Å². The van der Waals surface area contributed by atoms with Crippen molar-refractivity contribution in [2.45, 2.75) is 187 Å². The number of phosphoric ester groups is 1. The Morgan fingerprint density at radius 3 is 1.57 bits per heavy atom. The average molecular weight is 785 g/mol. The van der Waals surface area contributed by atoms with Crippen molar-refractivity contribution in [3.05, 3.63) is 36.5 Å². The number of rotatable bonds is 39. The van der Waals surface area contributed by atoms with Crippen LogP contribution < -0.4 is 0 Å². The Labute approximate surface area is 331 Å². The van der Waals surface area contributed by atoms with Crippen LogP contribution in [0.4, 0.5) is 0 Å². The molecule has 0 aromatic carbocycles.